The standard InChI is InChI=1S/C15H15ClN6OS/c1-9-17-13(19-18-9)12-8-22(6-7-23-12)15-21-20-14(24-15)10-4-2-3-5-11(10)16/h2-5,12H,6-8H2,1H3,(H,17,18,19). The highest BCUT2D eigenvalue weighted by Gasteiger charge is 2.27. The molecular formula is C15H15ClN6OS. The van der Waals surface area contributed by atoms with Crippen LogP contribution in [0.5, 0.6) is 0 Å². The van der Waals surface area contributed by atoms with Gasteiger partial charge in [0, 0.05) is 12.1 Å². The fraction of sp³-hybridized carbons (Fsp3) is 0.333. The molecule has 1 saturated heterocycles. The summed E-state index contributed by atoms with van der Waals surface area (Å²) in [5.74, 6) is 1.45. The predicted octanol–water partition coefficient (Wildman–Crippen LogP) is 2.86. The summed E-state index contributed by atoms with van der Waals surface area (Å²) < 4.78 is 5.79. The molecule has 0 spiro atoms. The number of nitrogens with one attached hydrogen (secondary N) is 1. The number of hydrogen-bond acceptors (Lipinski definition) is 7. The van der Waals surface area contributed by atoms with Crippen molar-refractivity contribution in [2.24, 2.45) is 0 Å². The molecule has 9 heteroatoms. The molecule has 0 amide bonds. The number of rotatable bonds is 3. The van der Waals surface area contributed by atoms with Gasteiger partial charge in [-0.2, -0.15) is 5.10 Å². The number of anilines is 1. The van der Waals surface area contributed by atoms with Gasteiger partial charge in [0.1, 0.15) is 11.9 Å². The Labute approximate surface area is 147 Å². The van der Waals surface area contributed by atoms with Gasteiger partial charge in [-0.3, -0.25) is 5.10 Å². The molecule has 0 saturated carbocycles. The van der Waals surface area contributed by atoms with Crippen molar-refractivity contribution in [3.05, 3.63) is 40.9 Å². The number of ether oxygens (including phenoxy) is 1. The number of H-pyrrole nitrogens is 1. The summed E-state index contributed by atoms with van der Waals surface area (Å²) in [4.78, 5) is 6.51. The van der Waals surface area contributed by atoms with Crippen LogP contribution in [0.2, 0.25) is 5.02 Å². The number of morpholine rings is 1. The Kier molecular flexibility index (Phi) is 4.17. The molecule has 1 aliphatic rings. The quantitative estimate of drug-likeness (QED) is 0.771. The first-order valence-electron chi connectivity index (χ1n) is 7.54. The topological polar surface area (TPSA) is 79.8 Å². The van der Waals surface area contributed by atoms with Gasteiger partial charge < -0.3 is 9.64 Å². The number of hydrogen-bond donors (Lipinski definition) is 1. The molecule has 1 N–H and O–H groups in total. The molecule has 0 bridgehead atoms. The van der Waals surface area contributed by atoms with Crippen molar-refractivity contribution in [3.8, 4) is 10.6 Å². The third-order valence-electron chi connectivity index (χ3n) is 3.76. The SMILES string of the molecule is Cc1nc(C2CN(c3nnc(-c4ccccc4Cl)s3)CCO2)n[nH]1. The first-order chi connectivity index (χ1) is 11.7. The first-order valence-corrected chi connectivity index (χ1v) is 8.74. The maximum atomic E-state index is 6.24. The molecule has 124 valence electrons. The van der Waals surface area contributed by atoms with Crippen LogP contribution in [0.3, 0.4) is 0 Å². The third-order valence-corrected chi connectivity index (χ3v) is 5.10. The second kappa shape index (κ2) is 6.46. The smallest absolute Gasteiger partial charge is 0.208 e. The van der Waals surface area contributed by atoms with Crippen LogP contribution in [0.15, 0.2) is 24.3 Å². The molecule has 1 atom stereocenters. The predicted molar refractivity (Wildman–Crippen MR) is 92.4 cm³/mol. The number of aromatic amines is 1. The fourth-order valence-corrected chi connectivity index (χ4v) is 3.77. The zero-order valence-electron chi connectivity index (χ0n) is 12.9. The lowest BCUT2D eigenvalue weighted by Gasteiger charge is -2.30. The molecule has 0 radical (unpaired) electrons. The monoisotopic (exact) mass is 362 g/mol. The van der Waals surface area contributed by atoms with E-state index in [0.29, 0.717) is 24.0 Å². The molecule has 1 fully saturated rings. The molecule has 4 rings (SSSR count). The van der Waals surface area contributed by atoms with Crippen molar-refractivity contribution in [3.63, 3.8) is 0 Å². The van der Waals surface area contributed by atoms with Gasteiger partial charge >= 0.3 is 0 Å². The van der Waals surface area contributed by atoms with Gasteiger partial charge in [-0.25, -0.2) is 4.98 Å². The maximum Gasteiger partial charge on any atom is 0.208 e. The number of benzene rings is 1. The van der Waals surface area contributed by atoms with Crippen LogP contribution in [0, 0.1) is 6.92 Å². The Morgan fingerprint density at radius 3 is 3.00 bits per heavy atom. The highest BCUT2D eigenvalue weighted by Crippen LogP contribution is 2.34. The van der Waals surface area contributed by atoms with Crippen LogP contribution < -0.4 is 4.90 Å². The minimum absolute atomic E-state index is 0.170. The minimum atomic E-state index is -0.170. The van der Waals surface area contributed by atoms with Crippen molar-refractivity contribution in [1.82, 2.24) is 25.4 Å². The first kappa shape index (κ1) is 15.5. The summed E-state index contributed by atoms with van der Waals surface area (Å²) in [6.45, 7) is 3.88. The molecule has 3 heterocycles. The zero-order valence-corrected chi connectivity index (χ0v) is 14.5. The molecule has 7 nitrogen and oxygen atoms in total. The summed E-state index contributed by atoms with van der Waals surface area (Å²) in [7, 11) is 0. The van der Waals surface area contributed by atoms with E-state index in [-0.39, 0.29) is 6.10 Å². The average molecular weight is 363 g/mol. The number of halogens is 1. The molecular weight excluding hydrogens is 348 g/mol. The van der Waals surface area contributed by atoms with E-state index in [0.717, 1.165) is 28.1 Å². The van der Waals surface area contributed by atoms with Crippen LogP contribution in [0.25, 0.3) is 10.6 Å². The second-order valence-electron chi connectivity index (χ2n) is 5.45. The number of nitrogens with zero attached hydrogens (tertiary/aromatic N) is 5. The molecule has 2 aromatic heterocycles. The molecule has 24 heavy (non-hydrogen) atoms. The largest absolute Gasteiger partial charge is 0.366 e. The summed E-state index contributed by atoms with van der Waals surface area (Å²) in [5, 5.41) is 18.0. The Bertz CT molecular complexity index is 850. The van der Waals surface area contributed by atoms with Crippen molar-refractivity contribution in [2.75, 3.05) is 24.6 Å². The Hall–Kier alpha value is -2.03. The van der Waals surface area contributed by atoms with E-state index in [1.165, 1.54) is 11.3 Å². The summed E-state index contributed by atoms with van der Waals surface area (Å²) in [5.41, 5.74) is 0.900. The van der Waals surface area contributed by atoms with E-state index in [9.17, 15) is 0 Å². The Balaban J connectivity index is 1.55. The van der Waals surface area contributed by atoms with Crippen molar-refractivity contribution < 1.29 is 4.74 Å². The zero-order chi connectivity index (χ0) is 16.5. The molecule has 3 aromatic rings. The van der Waals surface area contributed by atoms with Crippen LogP contribution in [-0.2, 0) is 4.74 Å². The van der Waals surface area contributed by atoms with E-state index in [1.54, 1.807) is 0 Å². The number of aryl methyl sites for hydroxylation is 1. The van der Waals surface area contributed by atoms with Crippen LogP contribution in [-0.4, -0.2) is 45.1 Å². The molecule has 1 aromatic carbocycles. The van der Waals surface area contributed by atoms with Gasteiger partial charge in [-0.05, 0) is 13.0 Å². The van der Waals surface area contributed by atoms with Gasteiger partial charge in [0.25, 0.3) is 0 Å². The molecule has 0 aliphatic carbocycles. The lowest BCUT2D eigenvalue weighted by Crippen LogP contribution is -2.38. The number of aromatic nitrogens is 5. The van der Waals surface area contributed by atoms with E-state index < -0.39 is 0 Å². The van der Waals surface area contributed by atoms with E-state index in [4.69, 9.17) is 16.3 Å². The third kappa shape index (κ3) is 3.00. The summed E-state index contributed by atoms with van der Waals surface area (Å²) >= 11 is 7.77. The minimum Gasteiger partial charge on any atom is -0.366 e. The summed E-state index contributed by atoms with van der Waals surface area (Å²) in [6, 6.07) is 7.65. The average Bonchev–Trinajstić information content (AvgIpc) is 3.25. The van der Waals surface area contributed by atoms with Gasteiger partial charge in [-0.15, -0.1) is 10.2 Å². The second-order valence-corrected chi connectivity index (χ2v) is 6.82. The van der Waals surface area contributed by atoms with Crippen LogP contribution in [0.1, 0.15) is 17.8 Å². The van der Waals surface area contributed by atoms with E-state index in [2.05, 4.69) is 30.3 Å². The van der Waals surface area contributed by atoms with Gasteiger partial charge in [0.15, 0.2) is 10.8 Å². The normalized spacial score (nSPS) is 18.1. The lowest BCUT2D eigenvalue weighted by atomic mass is 10.2. The lowest BCUT2D eigenvalue weighted by molar-refractivity contribution is 0.0342. The van der Waals surface area contributed by atoms with Gasteiger partial charge in [0.05, 0.1) is 18.2 Å². The van der Waals surface area contributed by atoms with E-state index >= 15 is 0 Å². The van der Waals surface area contributed by atoms with Crippen molar-refractivity contribution in [1.29, 1.82) is 0 Å². The molecule has 1 unspecified atom stereocenters. The fourth-order valence-electron chi connectivity index (χ4n) is 2.57. The van der Waals surface area contributed by atoms with Gasteiger partial charge in [-0.1, -0.05) is 41.1 Å². The van der Waals surface area contributed by atoms with Crippen LogP contribution in [0.4, 0.5) is 5.13 Å². The highest BCUT2D eigenvalue weighted by atomic mass is 35.5. The Morgan fingerprint density at radius 1 is 1.33 bits per heavy atom. The van der Waals surface area contributed by atoms with Gasteiger partial charge in [0.2, 0.25) is 5.13 Å². The van der Waals surface area contributed by atoms with Crippen molar-refractivity contribution in [2.45, 2.75) is 13.0 Å². The Morgan fingerprint density at radius 2 is 2.21 bits per heavy atom. The summed E-state index contributed by atoms with van der Waals surface area (Å²) in [6.07, 6.45) is -0.170. The van der Waals surface area contributed by atoms with Crippen molar-refractivity contribution >= 4 is 28.1 Å². The molecule has 1 aliphatic heterocycles. The maximum absolute atomic E-state index is 6.24. The highest BCUT2D eigenvalue weighted by molar-refractivity contribution is 7.18. The van der Waals surface area contributed by atoms with Crippen LogP contribution >= 0.6 is 22.9 Å². The van der Waals surface area contributed by atoms with E-state index in [1.807, 2.05) is 31.2 Å².